The number of carbonyl (C=O) groups is 1. The Kier molecular flexibility index (Phi) is 4.65. The van der Waals surface area contributed by atoms with Gasteiger partial charge < -0.3 is 15.4 Å². The van der Waals surface area contributed by atoms with Crippen LogP contribution in [0, 0.1) is 5.92 Å². The Labute approximate surface area is 129 Å². The Morgan fingerprint density at radius 1 is 1.23 bits per heavy atom. The summed E-state index contributed by atoms with van der Waals surface area (Å²) < 4.78 is 5.74. The van der Waals surface area contributed by atoms with Crippen molar-refractivity contribution in [3.63, 3.8) is 0 Å². The molecule has 1 amide bonds. The number of amides is 1. The number of ether oxygens (including phenoxy) is 1. The fourth-order valence-corrected chi connectivity index (χ4v) is 2.50. The third-order valence-electron chi connectivity index (χ3n) is 3.65. The van der Waals surface area contributed by atoms with E-state index >= 15 is 0 Å². The van der Waals surface area contributed by atoms with Crippen molar-refractivity contribution in [3.05, 3.63) is 48.8 Å². The molecule has 2 heterocycles. The van der Waals surface area contributed by atoms with Crippen LogP contribution in [0.15, 0.2) is 48.8 Å². The molecular weight excluding hydrogens is 278 g/mol. The van der Waals surface area contributed by atoms with Gasteiger partial charge in [0, 0.05) is 30.7 Å². The average molecular weight is 297 g/mol. The first-order valence-corrected chi connectivity index (χ1v) is 7.51. The highest BCUT2D eigenvalue weighted by Crippen LogP contribution is 2.24. The summed E-state index contributed by atoms with van der Waals surface area (Å²) in [5.74, 6) is 1.51. The number of benzene rings is 1. The molecule has 1 aromatic carbocycles. The van der Waals surface area contributed by atoms with Crippen LogP contribution in [-0.4, -0.2) is 24.0 Å². The molecule has 3 rings (SSSR count). The lowest BCUT2D eigenvalue weighted by Crippen LogP contribution is -2.37. The van der Waals surface area contributed by atoms with Crippen molar-refractivity contribution in [2.24, 2.45) is 5.92 Å². The Morgan fingerprint density at radius 2 is 2.09 bits per heavy atom. The van der Waals surface area contributed by atoms with Gasteiger partial charge in [0.1, 0.15) is 11.5 Å². The van der Waals surface area contributed by atoms with E-state index in [1.165, 1.54) is 0 Å². The van der Waals surface area contributed by atoms with Crippen LogP contribution in [0.4, 0.5) is 5.69 Å². The number of piperidine rings is 1. The van der Waals surface area contributed by atoms with E-state index in [2.05, 4.69) is 15.6 Å². The van der Waals surface area contributed by atoms with Crippen molar-refractivity contribution in [3.8, 4) is 11.5 Å². The second-order valence-corrected chi connectivity index (χ2v) is 5.35. The van der Waals surface area contributed by atoms with Crippen LogP contribution in [0.25, 0.3) is 0 Å². The average Bonchev–Trinajstić information content (AvgIpc) is 2.57. The van der Waals surface area contributed by atoms with Gasteiger partial charge in [-0.2, -0.15) is 0 Å². The third-order valence-corrected chi connectivity index (χ3v) is 3.65. The monoisotopic (exact) mass is 297 g/mol. The zero-order valence-corrected chi connectivity index (χ0v) is 12.3. The van der Waals surface area contributed by atoms with Gasteiger partial charge in [-0.15, -0.1) is 0 Å². The predicted molar refractivity (Wildman–Crippen MR) is 85.0 cm³/mol. The molecule has 0 spiro atoms. The van der Waals surface area contributed by atoms with Crippen molar-refractivity contribution in [1.29, 1.82) is 0 Å². The second kappa shape index (κ2) is 7.04. The molecule has 1 atom stereocenters. The number of nitrogens with one attached hydrogen (secondary N) is 2. The molecule has 114 valence electrons. The van der Waals surface area contributed by atoms with Gasteiger partial charge in [0.05, 0.1) is 5.92 Å². The maximum atomic E-state index is 12.2. The minimum atomic E-state index is 0.0403. The fraction of sp³-hybridized carbons (Fsp3) is 0.294. The van der Waals surface area contributed by atoms with E-state index < -0.39 is 0 Å². The normalized spacial score (nSPS) is 17.7. The predicted octanol–water partition coefficient (Wildman–Crippen LogP) is 2.81. The van der Waals surface area contributed by atoms with Gasteiger partial charge in [-0.25, -0.2) is 0 Å². The summed E-state index contributed by atoms with van der Waals surface area (Å²) in [6, 6.07) is 11.0. The summed E-state index contributed by atoms with van der Waals surface area (Å²) in [6.45, 7) is 1.75. The van der Waals surface area contributed by atoms with Gasteiger partial charge in [0.2, 0.25) is 5.91 Å². The first kappa shape index (κ1) is 14.5. The van der Waals surface area contributed by atoms with Gasteiger partial charge >= 0.3 is 0 Å². The van der Waals surface area contributed by atoms with E-state index in [4.69, 9.17) is 4.74 Å². The maximum Gasteiger partial charge on any atom is 0.228 e. The number of nitrogens with zero attached hydrogens (tertiary/aromatic N) is 1. The number of pyridine rings is 1. The Balaban J connectivity index is 1.64. The number of aromatic nitrogens is 1. The van der Waals surface area contributed by atoms with Gasteiger partial charge in [-0.3, -0.25) is 9.78 Å². The van der Waals surface area contributed by atoms with Crippen molar-refractivity contribution in [2.45, 2.75) is 12.8 Å². The van der Waals surface area contributed by atoms with Gasteiger partial charge in [0.15, 0.2) is 0 Å². The zero-order valence-electron chi connectivity index (χ0n) is 12.3. The van der Waals surface area contributed by atoms with Crippen molar-refractivity contribution in [1.82, 2.24) is 10.3 Å². The highest BCUT2D eigenvalue weighted by molar-refractivity contribution is 5.92. The quantitative estimate of drug-likeness (QED) is 0.911. The lowest BCUT2D eigenvalue weighted by atomic mass is 9.99. The minimum Gasteiger partial charge on any atom is -0.457 e. The molecule has 0 bridgehead atoms. The molecule has 1 fully saturated rings. The maximum absolute atomic E-state index is 12.2. The zero-order chi connectivity index (χ0) is 15.2. The Bertz CT molecular complexity index is 625. The Hall–Kier alpha value is -2.40. The molecular formula is C17H19N3O2. The smallest absolute Gasteiger partial charge is 0.228 e. The molecule has 1 aliphatic heterocycles. The lowest BCUT2D eigenvalue weighted by molar-refractivity contribution is -0.120. The fourth-order valence-electron chi connectivity index (χ4n) is 2.50. The number of rotatable bonds is 4. The highest BCUT2D eigenvalue weighted by atomic mass is 16.5. The SMILES string of the molecule is O=C(Nc1cccc(Oc2ccncc2)c1)C1CCCNC1. The molecule has 2 aromatic rings. The van der Waals surface area contributed by atoms with E-state index in [1.54, 1.807) is 24.5 Å². The summed E-state index contributed by atoms with van der Waals surface area (Å²) in [5.41, 5.74) is 0.752. The van der Waals surface area contributed by atoms with Crippen LogP contribution in [0.1, 0.15) is 12.8 Å². The number of carbonyl (C=O) groups excluding carboxylic acids is 1. The molecule has 1 aliphatic rings. The van der Waals surface area contributed by atoms with E-state index in [0.29, 0.717) is 5.75 Å². The van der Waals surface area contributed by atoms with Crippen LogP contribution >= 0.6 is 0 Å². The Morgan fingerprint density at radius 3 is 2.86 bits per heavy atom. The third kappa shape index (κ3) is 3.83. The van der Waals surface area contributed by atoms with Crippen LogP contribution in [0.5, 0.6) is 11.5 Å². The molecule has 1 unspecified atom stereocenters. The topological polar surface area (TPSA) is 63.2 Å². The summed E-state index contributed by atoms with van der Waals surface area (Å²) in [5, 5.41) is 6.22. The number of hydrogen-bond donors (Lipinski definition) is 2. The highest BCUT2D eigenvalue weighted by Gasteiger charge is 2.20. The number of anilines is 1. The van der Waals surface area contributed by atoms with Crippen LogP contribution in [0.3, 0.4) is 0 Å². The van der Waals surface area contributed by atoms with E-state index in [-0.39, 0.29) is 11.8 Å². The van der Waals surface area contributed by atoms with Gasteiger partial charge in [-0.05, 0) is 43.7 Å². The minimum absolute atomic E-state index is 0.0403. The molecule has 0 radical (unpaired) electrons. The van der Waals surface area contributed by atoms with Crippen molar-refractivity contribution >= 4 is 11.6 Å². The summed E-state index contributed by atoms with van der Waals surface area (Å²) in [4.78, 5) is 16.2. The van der Waals surface area contributed by atoms with Gasteiger partial charge in [-0.1, -0.05) is 6.07 Å². The first-order chi connectivity index (χ1) is 10.8. The first-order valence-electron chi connectivity index (χ1n) is 7.51. The molecule has 2 N–H and O–H groups in total. The number of hydrogen-bond acceptors (Lipinski definition) is 4. The summed E-state index contributed by atoms with van der Waals surface area (Å²) >= 11 is 0. The molecule has 5 nitrogen and oxygen atoms in total. The van der Waals surface area contributed by atoms with Crippen molar-refractivity contribution < 1.29 is 9.53 Å². The second-order valence-electron chi connectivity index (χ2n) is 5.35. The molecule has 0 aliphatic carbocycles. The van der Waals surface area contributed by atoms with E-state index in [0.717, 1.165) is 37.4 Å². The van der Waals surface area contributed by atoms with Crippen LogP contribution in [-0.2, 0) is 4.79 Å². The van der Waals surface area contributed by atoms with E-state index in [1.807, 2.05) is 24.3 Å². The summed E-state index contributed by atoms with van der Waals surface area (Å²) in [7, 11) is 0. The molecule has 1 saturated heterocycles. The van der Waals surface area contributed by atoms with Crippen molar-refractivity contribution in [2.75, 3.05) is 18.4 Å². The molecule has 5 heteroatoms. The molecule has 0 saturated carbocycles. The lowest BCUT2D eigenvalue weighted by Gasteiger charge is -2.22. The molecule has 22 heavy (non-hydrogen) atoms. The van der Waals surface area contributed by atoms with Crippen LogP contribution in [0.2, 0.25) is 0 Å². The summed E-state index contributed by atoms with van der Waals surface area (Å²) in [6.07, 6.45) is 5.34. The van der Waals surface area contributed by atoms with Gasteiger partial charge in [0.25, 0.3) is 0 Å². The molecule has 1 aromatic heterocycles. The standard InChI is InChI=1S/C17H19N3O2/c21-17(13-3-2-8-19-12-13)20-14-4-1-5-16(11-14)22-15-6-9-18-10-7-15/h1,4-7,9-11,13,19H,2-3,8,12H2,(H,20,21). The van der Waals surface area contributed by atoms with E-state index in [9.17, 15) is 4.79 Å². The van der Waals surface area contributed by atoms with Crippen LogP contribution < -0.4 is 15.4 Å². The largest absolute Gasteiger partial charge is 0.457 e.